The first-order valence-corrected chi connectivity index (χ1v) is 7.81. The van der Waals surface area contributed by atoms with E-state index in [-0.39, 0.29) is 0 Å². The zero-order valence-electron chi connectivity index (χ0n) is 13.0. The zero-order valence-corrected chi connectivity index (χ0v) is 13.0. The Balaban J connectivity index is 1.61. The van der Waals surface area contributed by atoms with E-state index < -0.39 is 0 Å². The maximum atomic E-state index is 3.55. The summed E-state index contributed by atoms with van der Waals surface area (Å²) in [6.45, 7) is 5.19. The molecular formula is C19H24N2. The molecule has 0 saturated carbocycles. The van der Waals surface area contributed by atoms with Crippen LogP contribution in [0.4, 0.5) is 5.69 Å². The van der Waals surface area contributed by atoms with Crippen molar-refractivity contribution in [1.82, 2.24) is 5.32 Å². The first kappa shape index (κ1) is 14.2. The van der Waals surface area contributed by atoms with Crippen LogP contribution in [0.15, 0.2) is 42.5 Å². The van der Waals surface area contributed by atoms with Gasteiger partial charge in [-0.2, -0.15) is 0 Å². The summed E-state index contributed by atoms with van der Waals surface area (Å²) in [5, 5.41) is 3.55. The molecule has 2 aromatic rings. The number of hydrogen-bond acceptors (Lipinski definition) is 2. The summed E-state index contributed by atoms with van der Waals surface area (Å²) >= 11 is 0. The van der Waals surface area contributed by atoms with Crippen molar-refractivity contribution in [3.8, 4) is 0 Å². The molecular weight excluding hydrogens is 256 g/mol. The normalized spacial score (nSPS) is 14.1. The minimum Gasteiger partial charge on any atom is -0.374 e. The lowest BCUT2D eigenvalue weighted by Crippen LogP contribution is -2.24. The maximum Gasteiger partial charge on any atom is 0.0396 e. The number of rotatable bonds is 4. The van der Waals surface area contributed by atoms with Gasteiger partial charge >= 0.3 is 0 Å². The highest BCUT2D eigenvalue weighted by Crippen LogP contribution is 2.26. The molecule has 0 aromatic heterocycles. The van der Waals surface area contributed by atoms with Crippen molar-refractivity contribution >= 4 is 5.69 Å². The molecule has 1 aliphatic heterocycles. The monoisotopic (exact) mass is 280 g/mol. The van der Waals surface area contributed by atoms with Gasteiger partial charge < -0.3 is 10.2 Å². The Kier molecular flexibility index (Phi) is 4.26. The lowest BCUT2D eigenvalue weighted by molar-refractivity contribution is 0.688. The fraction of sp³-hybridized carbons (Fsp3) is 0.368. The number of benzene rings is 2. The van der Waals surface area contributed by atoms with E-state index in [2.05, 4.69) is 66.7 Å². The van der Waals surface area contributed by atoms with E-state index in [1.165, 1.54) is 47.3 Å². The van der Waals surface area contributed by atoms with Crippen LogP contribution in [-0.4, -0.2) is 13.6 Å². The molecule has 1 N–H and O–H groups in total. The van der Waals surface area contributed by atoms with E-state index in [0.29, 0.717) is 0 Å². The Morgan fingerprint density at radius 3 is 2.67 bits per heavy atom. The van der Waals surface area contributed by atoms with Crippen molar-refractivity contribution in [1.29, 1.82) is 0 Å². The van der Waals surface area contributed by atoms with Gasteiger partial charge in [0.25, 0.3) is 0 Å². The van der Waals surface area contributed by atoms with E-state index in [0.717, 1.165) is 13.1 Å². The van der Waals surface area contributed by atoms with E-state index in [1.54, 1.807) is 0 Å². The topological polar surface area (TPSA) is 15.3 Å². The molecule has 2 aromatic carbocycles. The van der Waals surface area contributed by atoms with E-state index >= 15 is 0 Å². The zero-order chi connectivity index (χ0) is 14.7. The summed E-state index contributed by atoms with van der Waals surface area (Å²) in [6.07, 6.45) is 2.48. The molecule has 0 fully saturated rings. The predicted molar refractivity (Wildman–Crippen MR) is 89.8 cm³/mol. The van der Waals surface area contributed by atoms with Crippen molar-refractivity contribution in [2.75, 3.05) is 18.5 Å². The minimum atomic E-state index is 0.929. The fourth-order valence-corrected chi connectivity index (χ4v) is 3.12. The largest absolute Gasteiger partial charge is 0.374 e. The van der Waals surface area contributed by atoms with Crippen LogP contribution < -0.4 is 10.2 Å². The van der Waals surface area contributed by atoms with Gasteiger partial charge in [-0.25, -0.2) is 0 Å². The number of fused-ring (bicyclic) bond motifs is 1. The number of aryl methyl sites for hydroxylation is 2. The van der Waals surface area contributed by atoms with Crippen molar-refractivity contribution in [3.63, 3.8) is 0 Å². The van der Waals surface area contributed by atoms with Crippen molar-refractivity contribution in [2.45, 2.75) is 32.9 Å². The van der Waals surface area contributed by atoms with Crippen LogP contribution in [0, 0.1) is 6.92 Å². The van der Waals surface area contributed by atoms with Crippen molar-refractivity contribution in [3.05, 3.63) is 64.7 Å². The summed E-state index contributed by atoms with van der Waals surface area (Å²) in [5.74, 6) is 0. The molecule has 0 aliphatic carbocycles. The highest BCUT2D eigenvalue weighted by molar-refractivity contribution is 5.56. The van der Waals surface area contributed by atoms with Crippen LogP contribution in [0.2, 0.25) is 0 Å². The smallest absolute Gasteiger partial charge is 0.0396 e. The van der Waals surface area contributed by atoms with Gasteiger partial charge in [-0.15, -0.1) is 0 Å². The number of hydrogen-bond donors (Lipinski definition) is 1. The Hall–Kier alpha value is -1.80. The molecule has 3 rings (SSSR count). The second kappa shape index (κ2) is 6.31. The third kappa shape index (κ3) is 3.45. The molecule has 2 heteroatoms. The van der Waals surface area contributed by atoms with Crippen molar-refractivity contribution in [2.24, 2.45) is 0 Å². The number of nitrogens with zero attached hydrogens (tertiary/aromatic N) is 1. The van der Waals surface area contributed by atoms with Gasteiger partial charge in [0.05, 0.1) is 0 Å². The van der Waals surface area contributed by atoms with Gasteiger partial charge in [-0.3, -0.25) is 0 Å². The molecule has 21 heavy (non-hydrogen) atoms. The van der Waals surface area contributed by atoms with Gasteiger partial charge in [0.2, 0.25) is 0 Å². The SMILES string of the molecule is Cc1cccc(CNCc2ccc3c(c2)CCCN3C)c1. The van der Waals surface area contributed by atoms with Crippen LogP contribution in [-0.2, 0) is 19.5 Å². The molecule has 0 unspecified atom stereocenters. The second-order valence-electron chi connectivity index (χ2n) is 6.08. The standard InChI is InChI=1S/C19H24N2/c1-15-5-3-6-16(11-15)13-20-14-17-8-9-19-18(12-17)7-4-10-21(19)2/h3,5-6,8-9,11-12,20H,4,7,10,13-14H2,1-2H3. The summed E-state index contributed by atoms with van der Waals surface area (Å²) in [7, 11) is 2.19. The Bertz CT molecular complexity index is 619. The van der Waals surface area contributed by atoms with E-state index in [9.17, 15) is 0 Å². The highest BCUT2D eigenvalue weighted by atomic mass is 15.1. The summed E-state index contributed by atoms with van der Waals surface area (Å²) in [6, 6.07) is 15.6. The molecule has 0 saturated heterocycles. The third-order valence-electron chi connectivity index (χ3n) is 4.24. The molecule has 0 radical (unpaired) electrons. The molecule has 0 amide bonds. The van der Waals surface area contributed by atoms with Crippen LogP contribution in [0.3, 0.4) is 0 Å². The quantitative estimate of drug-likeness (QED) is 0.919. The Morgan fingerprint density at radius 2 is 1.86 bits per heavy atom. The average Bonchev–Trinajstić information content (AvgIpc) is 2.47. The maximum absolute atomic E-state index is 3.55. The highest BCUT2D eigenvalue weighted by Gasteiger charge is 2.13. The van der Waals surface area contributed by atoms with Gasteiger partial charge in [0, 0.05) is 32.4 Å². The predicted octanol–water partition coefficient (Wildman–Crippen LogP) is 3.67. The van der Waals surface area contributed by atoms with E-state index in [1.807, 2.05) is 0 Å². The first-order valence-electron chi connectivity index (χ1n) is 7.81. The summed E-state index contributed by atoms with van der Waals surface area (Å²) in [5.41, 5.74) is 6.97. The average molecular weight is 280 g/mol. The van der Waals surface area contributed by atoms with Crippen molar-refractivity contribution < 1.29 is 0 Å². The minimum absolute atomic E-state index is 0.929. The number of anilines is 1. The molecule has 1 aliphatic rings. The summed E-state index contributed by atoms with van der Waals surface area (Å²) < 4.78 is 0. The Morgan fingerprint density at radius 1 is 1.05 bits per heavy atom. The van der Waals surface area contributed by atoms with Gasteiger partial charge in [-0.05, 0) is 42.5 Å². The molecule has 0 bridgehead atoms. The van der Waals surface area contributed by atoms with Gasteiger partial charge in [0.1, 0.15) is 0 Å². The molecule has 0 atom stereocenters. The summed E-state index contributed by atoms with van der Waals surface area (Å²) in [4.78, 5) is 2.36. The second-order valence-corrected chi connectivity index (χ2v) is 6.08. The van der Waals surface area contributed by atoms with Gasteiger partial charge in [0.15, 0.2) is 0 Å². The molecule has 2 nitrogen and oxygen atoms in total. The van der Waals surface area contributed by atoms with Crippen LogP contribution in [0.1, 0.15) is 28.7 Å². The van der Waals surface area contributed by atoms with Crippen LogP contribution in [0.25, 0.3) is 0 Å². The van der Waals surface area contributed by atoms with Crippen LogP contribution in [0.5, 0.6) is 0 Å². The third-order valence-corrected chi connectivity index (χ3v) is 4.24. The fourth-order valence-electron chi connectivity index (χ4n) is 3.12. The van der Waals surface area contributed by atoms with Crippen LogP contribution >= 0.6 is 0 Å². The first-order chi connectivity index (χ1) is 10.2. The van der Waals surface area contributed by atoms with Gasteiger partial charge in [-0.1, -0.05) is 42.0 Å². The molecule has 1 heterocycles. The van der Waals surface area contributed by atoms with E-state index in [4.69, 9.17) is 0 Å². The number of nitrogens with one attached hydrogen (secondary N) is 1. The Labute approximate surface area is 127 Å². The lowest BCUT2D eigenvalue weighted by atomic mass is 9.99. The molecule has 110 valence electrons. The lowest BCUT2D eigenvalue weighted by Gasteiger charge is -2.27. The molecule has 0 spiro atoms.